The molecule has 0 radical (unpaired) electrons. The van der Waals surface area contributed by atoms with Gasteiger partial charge in [0, 0.05) is 6.42 Å². The number of hydrazone groups is 1. The third-order valence-corrected chi connectivity index (χ3v) is 3.71. The van der Waals surface area contributed by atoms with Gasteiger partial charge in [-0.15, -0.1) is 0 Å². The monoisotopic (exact) mass is 316 g/mol. The lowest BCUT2D eigenvalue weighted by molar-refractivity contribution is -0.121. The lowest BCUT2D eigenvalue weighted by atomic mass is 10.1. The van der Waals surface area contributed by atoms with Gasteiger partial charge in [0.1, 0.15) is 11.9 Å². The third kappa shape index (κ3) is 4.55. The minimum atomic E-state index is -0.417. The van der Waals surface area contributed by atoms with Crippen molar-refractivity contribution in [2.45, 2.75) is 52.4 Å². The smallest absolute Gasteiger partial charge is 0.271 e. The summed E-state index contributed by atoms with van der Waals surface area (Å²) in [6, 6.07) is 9.53. The average molecular weight is 316 g/mol. The maximum absolute atomic E-state index is 12.2. The number of hydrogen-bond donors (Lipinski definition) is 2. The van der Waals surface area contributed by atoms with Crippen LogP contribution < -0.4 is 10.6 Å². The first kappa shape index (κ1) is 17.0. The van der Waals surface area contributed by atoms with Crippen LogP contribution in [0.15, 0.2) is 35.4 Å². The summed E-state index contributed by atoms with van der Waals surface area (Å²) in [7, 11) is 0. The zero-order valence-corrected chi connectivity index (χ0v) is 13.9. The predicted octanol–water partition coefficient (Wildman–Crippen LogP) is 1.63. The summed E-state index contributed by atoms with van der Waals surface area (Å²) in [5.74, 6) is -0.296. The Hall–Kier alpha value is -2.37. The molecular weight excluding hydrogens is 292 g/mol. The van der Waals surface area contributed by atoms with Gasteiger partial charge in [-0.2, -0.15) is 5.10 Å². The molecule has 1 aromatic carbocycles. The molecule has 2 atom stereocenters. The lowest BCUT2D eigenvalue weighted by Gasteiger charge is -2.33. The van der Waals surface area contributed by atoms with E-state index in [1.165, 1.54) is 0 Å². The fourth-order valence-corrected chi connectivity index (χ4v) is 2.44. The van der Waals surface area contributed by atoms with E-state index in [0.29, 0.717) is 18.7 Å². The fraction of sp³-hybridized carbons (Fsp3) is 0.471. The quantitative estimate of drug-likeness (QED) is 0.837. The number of carbonyl (C=O) groups excluding carboxylic acids is 2. The number of rotatable bonds is 6. The molecule has 0 aromatic heterocycles. The minimum Gasteiger partial charge on any atom is -0.348 e. The predicted molar refractivity (Wildman–Crippen MR) is 89.5 cm³/mol. The van der Waals surface area contributed by atoms with Crippen LogP contribution in [0.4, 0.5) is 0 Å². The first-order valence-electron chi connectivity index (χ1n) is 8.00. The van der Waals surface area contributed by atoms with Gasteiger partial charge in [-0.1, -0.05) is 37.3 Å². The molecule has 0 saturated heterocycles. The Balaban J connectivity index is 2.12. The van der Waals surface area contributed by atoms with Gasteiger partial charge in [-0.25, -0.2) is 0 Å². The molecule has 2 unspecified atom stereocenters. The third-order valence-electron chi connectivity index (χ3n) is 3.71. The van der Waals surface area contributed by atoms with Gasteiger partial charge >= 0.3 is 0 Å². The highest BCUT2D eigenvalue weighted by atomic mass is 16.2. The molecule has 6 heteroatoms. The number of benzene rings is 1. The average Bonchev–Trinajstić information content (AvgIpc) is 2.51. The summed E-state index contributed by atoms with van der Waals surface area (Å²) < 4.78 is 0. The highest BCUT2D eigenvalue weighted by Gasteiger charge is 2.29. The summed E-state index contributed by atoms with van der Waals surface area (Å²) in [4.78, 5) is 23.9. The summed E-state index contributed by atoms with van der Waals surface area (Å²) in [6.07, 6.45) is 1.03. The molecule has 1 heterocycles. The van der Waals surface area contributed by atoms with E-state index in [4.69, 9.17) is 0 Å². The van der Waals surface area contributed by atoms with Crippen LogP contribution in [0, 0.1) is 0 Å². The van der Waals surface area contributed by atoms with Crippen molar-refractivity contribution in [2.75, 3.05) is 0 Å². The second-order valence-corrected chi connectivity index (χ2v) is 5.76. The zero-order valence-electron chi connectivity index (χ0n) is 13.9. The Morgan fingerprint density at radius 3 is 2.74 bits per heavy atom. The summed E-state index contributed by atoms with van der Waals surface area (Å²) in [5, 5.41) is 12.0. The maximum Gasteiger partial charge on any atom is 0.271 e. The van der Waals surface area contributed by atoms with Crippen LogP contribution in [0.2, 0.25) is 0 Å². The van der Waals surface area contributed by atoms with Gasteiger partial charge in [-0.05, 0) is 25.8 Å². The molecule has 1 aliphatic rings. The number of hydrogen-bond acceptors (Lipinski definition) is 4. The van der Waals surface area contributed by atoms with Crippen molar-refractivity contribution < 1.29 is 9.59 Å². The van der Waals surface area contributed by atoms with Crippen molar-refractivity contribution in [2.24, 2.45) is 5.10 Å². The van der Waals surface area contributed by atoms with E-state index in [2.05, 4.69) is 15.7 Å². The molecule has 124 valence electrons. The van der Waals surface area contributed by atoms with Crippen LogP contribution in [0.3, 0.4) is 0 Å². The van der Waals surface area contributed by atoms with E-state index < -0.39 is 6.04 Å². The first-order chi connectivity index (χ1) is 11.0. The SMILES string of the molecule is CCCC(=O)NC(C)C1=NN(Cc2ccccc2)C(C)NC1=O. The molecule has 0 saturated carbocycles. The number of carbonyl (C=O) groups is 2. The van der Waals surface area contributed by atoms with Gasteiger partial charge in [-0.3, -0.25) is 14.6 Å². The largest absolute Gasteiger partial charge is 0.348 e. The normalized spacial score (nSPS) is 18.9. The molecule has 0 aliphatic carbocycles. The first-order valence-corrected chi connectivity index (χ1v) is 8.00. The number of nitrogens with one attached hydrogen (secondary N) is 2. The second kappa shape index (κ2) is 7.76. The van der Waals surface area contributed by atoms with Crippen molar-refractivity contribution in [3.05, 3.63) is 35.9 Å². The molecule has 2 rings (SSSR count). The van der Waals surface area contributed by atoms with Crippen molar-refractivity contribution in [1.29, 1.82) is 0 Å². The molecule has 0 fully saturated rings. The van der Waals surface area contributed by atoms with Crippen molar-refractivity contribution in [3.8, 4) is 0 Å². The lowest BCUT2D eigenvalue weighted by Crippen LogP contribution is -2.56. The highest BCUT2D eigenvalue weighted by Crippen LogP contribution is 2.12. The Kier molecular flexibility index (Phi) is 5.73. The molecular formula is C17H24N4O2. The van der Waals surface area contributed by atoms with Gasteiger partial charge in [0.25, 0.3) is 5.91 Å². The Labute approximate surface area is 136 Å². The van der Waals surface area contributed by atoms with E-state index in [0.717, 1.165) is 12.0 Å². The van der Waals surface area contributed by atoms with Crippen molar-refractivity contribution >= 4 is 17.5 Å². The molecule has 23 heavy (non-hydrogen) atoms. The maximum atomic E-state index is 12.2. The van der Waals surface area contributed by atoms with Crippen LogP contribution in [0.25, 0.3) is 0 Å². The Morgan fingerprint density at radius 2 is 2.09 bits per heavy atom. The molecule has 1 aliphatic heterocycles. The van der Waals surface area contributed by atoms with Gasteiger partial charge in [0.2, 0.25) is 5.91 Å². The van der Waals surface area contributed by atoms with Gasteiger partial charge < -0.3 is 10.6 Å². The molecule has 1 aromatic rings. The van der Waals surface area contributed by atoms with Crippen LogP contribution in [-0.4, -0.2) is 34.7 Å². The second-order valence-electron chi connectivity index (χ2n) is 5.76. The van der Waals surface area contributed by atoms with E-state index >= 15 is 0 Å². The topological polar surface area (TPSA) is 73.8 Å². The van der Waals surface area contributed by atoms with Gasteiger partial charge in [0.05, 0.1) is 12.6 Å². The summed E-state index contributed by atoms with van der Waals surface area (Å²) in [5.41, 5.74) is 1.45. The Bertz CT molecular complexity index is 586. The fourth-order valence-electron chi connectivity index (χ4n) is 2.44. The summed E-state index contributed by atoms with van der Waals surface area (Å²) in [6.45, 7) is 6.21. The summed E-state index contributed by atoms with van der Waals surface area (Å²) >= 11 is 0. The van der Waals surface area contributed by atoms with E-state index in [1.54, 1.807) is 6.92 Å². The minimum absolute atomic E-state index is 0.0660. The van der Waals surface area contributed by atoms with E-state index in [-0.39, 0.29) is 18.0 Å². The van der Waals surface area contributed by atoms with Crippen molar-refractivity contribution in [1.82, 2.24) is 15.6 Å². The number of amides is 2. The van der Waals surface area contributed by atoms with Crippen LogP contribution in [-0.2, 0) is 16.1 Å². The van der Waals surface area contributed by atoms with E-state index in [9.17, 15) is 9.59 Å². The zero-order chi connectivity index (χ0) is 16.8. The number of nitrogens with zero attached hydrogens (tertiary/aromatic N) is 2. The molecule has 6 nitrogen and oxygen atoms in total. The van der Waals surface area contributed by atoms with Crippen LogP contribution >= 0.6 is 0 Å². The highest BCUT2D eigenvalue weighted by molar-refractivity contribution is 6.41. The standard InChI is InChI=1S/C17H24N4O2/c1-4-8-15(22)18-12(2)16-17(23)19-13(3)21(20-16)11-14-9-6-5-7-10-14/h5-7,9-10,12-13H,4,8,11H2,1-3H3,(H,18,22)(H,19,23). The molecule has 2 N–H and O–H groups in total. The Morgan fingerprint density at radius 1 is 1.39 bits per heavy atom. The van der Waals surface area contributed by atoms with Crippen molar-refractivity contribution in [3.63, 3.8) is 0 Å². The molecule has 0 spiro atoms. The van der Waals surface area contributed by atoms with Crippen LogP contribution in [0.5, 0.6) is 0 Å². The van der Waals surface area contributed by atoms with Gasteiger partial charge in [0.15, 0.2) is 0 Å². The van der Waals surface area contributed by atoms with Crippen LogP contribution in [0.1, 0.15) is 39.2 Å². The van der Waals surface area contributed by atoms with E-state index in [1.807, 2.05) is 49.2 Å². The molecule has 2 amide bonds. The molecule has 0 bridgehead atoms.